The molecule has 1 fully saturated rings. The van der Waals surface area contributed by atoms with E-state index in [1.165, 1.54) is 0 Å². The maximum atomic E-state index is 12.7. The Balaban J connectivity index is 1.29. The van der Waals surface area contributed by atoms with Crippen molar-refractivity contribution in [3.05, 3.63) is 52.9 Å². The summed E-state index contributed by atoms with van der Waals surface area (Å²) in [6.45, 7) is 3.69. The number of aromatic nitrogens is 1. The van der Waals surface area contributed by atoms with Gasteiger partial charge in [0.2, 0.25) is 0 Å². The number of amides is 2. The predicted octanol–water partition coefficient (Wildman–Crippen LogP) is 4.19. The van der Waals surface area contributed by atoms with Gasteiger partial charge < -0.3 is 24.4 Å². The predicted molar refractivity (Wildman–Crippen MR) is 130 cm³/mol. The molecule has 4 rings (SSSR count). The molecule has 0 bridgehead atoms. The molecule has 1 saturated heterocycles. The summed E-state index contributed by atoms with van der Waals surface area (Å²) >= 11 is 1.66. The molecule has 0 aliphatic carbocycles. The SMILES string of the molecule is COc1ccc(-c2csc(CN3CCN(C(=O)Nc4cc(OC)cc(OC)c4)CC3)n2)cc1. The number of anilines is 1. The molecule has 33 heavy (non-hydrogen) atoms. The number of piperazine rings is 1. The van der Waals surface area contributed by atoms with Crippen molar-refractivity contribution >= 4 is 23.1 Å². The van der Waals surface area contributed by atoms with Crippen LogP contribution in [0.1, 0.15) is 5.01 Å². The summed E-state index contributed by atoms with van der Waals surface area (Å²) in [7, 11) is 4.83. The Morgan fingerprint density at radius 2 is 1.58 bits per heavy atom. The van der Waals surface area contributed by atoms with Crippen LogP contribution in [-0.2, 0) is 6.54 Å². The van der Waals surface area contributed by atoms with Gasteiger partial charge in [0.25, 0.3) is 0 Å². The number of nitrogens with zero attached hydrogens (tertiary/aromatic N) is 3. The van der Waals surface area contributed by atoms with Gasteiger partial charge in [-0.3, -0.25) is 4.90 Å². The molecule has 9 heteroatoms. The van der Waals surface area contributed by atoms with E-state index in [1.807, 2.05) is 29.2 Å². The van der Waals surface area contributed by atoms with E-state index in [2.05, 4.69) is 15.6 Å². The van der Waals surface area contributed by atoms with Gasteiger partial charge in [0.1, 0.15) is 22.3 Å². The second kappa shape index (κ2) is 10.5. The maximum Gasteiger partial charge on any atom is 0.321 e. The number of hydrogen-bond acceptors (Lipinski definition) is 7. The summed E-state index contributed by atoms with van der Waals surface area (Å²) < 4.78 is 15.8. The molecule has 2 heterocycles. The Hall–Kier alpha value is -3.30. The number of methoxy groups -OCH3 is 3. The lowest BCUT2D eigenvalue weighted by atomic mass is 10.2. The van der Waals surface area contributed by atoms with Gasteiger partial charge in [-0.25, -0.2) is 9.78 Å². The maximum absolute atomic E-state index is 12.7. The highest BCUT2D eigenvalue weighted by atomic mass is 32.1. The van der Waals surface area contributed by atoms with Gasteiger partial charge in [0.05, 0.1) is 33.6 Å². The molecule has 1 aliphatic heterocycles. The number of hydrogen-bond donors (Lipinski definition) is 1. The molecule has 2 aromatic carbocycles. The average Bonchev–Trinajstić information content (AvgIpc) is 3.32. The monoisotopic (exact) mass is 468 g/mol. The van der Waals surface area contributed by atoms with E-state index < -0.39 is 0 Å². The molecule has 0 unspecified atom stereocenters. The summed E-state index contributed by atoms with van der Waals surface area (Å²) in [6, 6.07) is 13.1. The number of nitrogens with one attached hydrogen (secondary N) is 1. The largest absolute Gasteiger partial charge is 0.497 e. The van der Waals surface area contributed by atoms with E-state index in [0.717, 1.165) is 41.6 Å². The number of carbonyl (C=O) groups is 1. The highest BCUT2D eigenvalue weighted by Gasteiger charge is 2.22. The van der Waals surface area contributed by atoms with Crippen LogP contribution in [0.2, 0.25) is 0 Å². The fourth-order valence-corrected chi connectivity index (χ4v) is 4.50. The summed E-state index contributed by atoms with van der Waals surface area (Å²) in [5.41, 5.74) is 2.70. The average molecular weight is 469 g/mol. The zero-order valence-electron chi connectivity index (χ0n) is 19.0. The van der Waals surface area contributed by atoms with E-state index in [9.17, 15) is 4.79 Å². The Labute approximate surface area is 197 Å². The number of ether oxygens (including phenoxy) is 3. The van der Waals surface area contributed by atoms with E-state index in [1.54, 1.807) is 50.9 Å². The first kappa shape index (κ1) is 22.9. The fraction of sp³-hybridized carbons (Fsp3) is 0.333. The zero-order chi connectivity index (χ0) is 23.2. The number of carbonyl (C=O) groups excluding carboxylic acids is 1. The molecule has 1 aromatic heterocycles. The van der Waals surface area contributed by atoms with Crippen LogP contribution in [-0.4, -0.2) is 68.3 Å². The first-order valence-corrected chi connectivity index (χ1v) is 11.6. The van der Waals surface area contributed by atoms with Crippen LogP contribution in [0.4, 0.5) is 10.5 Å². The van der Waals surface area contributed by atoms with Gasteiger partial charge >= 0.3 is 6.03 Å². The molecule has 0 saturated carbocycles. The van der Waals surface area contributed by atoms with Crippen LogP contribution in [0.25, 0.3) is 11.3 Å². The standard InChI is InChI=1S/C24H28N4O4S/c1-30-19-6-4-17(5-7-19)22-16-33-23(26-22)15-27-8-10-28(11-9-27)24(29)25-18-12-20(31-2)14-21(13-18)32-3/h4-7,12-14,16H,8-11,15H2,1-3H3,(H,25,29). The molecule has 174 valence electrons. The Morgan fingerprint density at radius 1 is 0.939 bits per heavy atom. The number of rotatable bonds is 7. The van der Waals surface area contributed by atoms with Crippen molar-refractivity contribution in [1.29, 1.82) is 0 Å². The van der Waals surface area contributed by atoms with Crippen molar-refractivity contribution in [1.82, 2.24) is 14.8 Å². The van der Waals surface area contributed by atoms with E-state index in [0.29, 0.717) is 30.3 Å². The second-order valence-corrected chi connectivity index (χ2v) is 8.59. The first-order chi connectivity index (χ1) is 16.1. The number of benzene rings is 2. The normalized spacial score (nSPS) is 14.1. The highest BCUT2D eigenvalue weighted by molar-refractivity contribution is 7.09. The summed E-state index contributed by atoms with van der Waals surface area (Å²) in [5, 5.41) is 6.10. The van der Waals surface area contributed by atoms with E-state index >= 15 is 0 Å². The summed E-state index contributed by atoms with van der Waals surface area (Å²) in [4.78, 5) is 21.7. The Morgan fingerprint density at radius 3 is 2.18 bits per heavy atom. The van der Waals surface area contributed by atoms with Gasteiger partial charge in [0.15, 0.2) is 0 Å². The van der Waals surface area contributed by atoms with Gasteiger partial charge in [-0.1, -0.05) is 0 Å². The van der Waals surface area contributed by atoms with Crippen LogP contribution in [0.5, 0.6) is 17.2 Å². The van der Waals surface area contributed by atoms with Crippen molar-refractivity contribution in [2.24, 2.45) is 0 Å². The third-order valence-electron chi connectivity index (χ3n) is 5.56. The van der Waals surface area contributed by atoms with Crippen molar-refractivity contribution in [2.75, 3.05) is 52.8 Å². The van der Waals surface area contributed by atoms with Crippen molar-refractivity contribution in [2.45, 2.75) is 6.54 Å². The molecule has 0 spiro atoms. The summed E-state index contributed by atoms with van der Waals surface area (Å²) in [5.74, 6) is 2.10. The van der Waals surface area contributed by atoms with Crippen LogP contribution in [0.3, 0.4) is 0 Å². The van der Waals surface area contributed by atoms with Crippen molar-refractivity contribution in [3.63, 3.8) is 0 Å². The van der Waals surface area contributed by atoms with Crippen LogP contribution in [0, 0.1) is 0 Å². The minimum Gasteiger partial charge on any atom is -0.497 e. The number of thiazole rings is 1. The lowest BCUT2D eigenvalue weighted by Gasteiger charge is -2.34. The van der Waals surface area contributed by atoms with Crippen molar-refractivity contribution in [3.8, 4) is 28.5 Å². The topological polar surface area (TPSA) is 76.2 Å². The quantitative estimate of drug-likeness (QED) is 0.561. The van der Waals surface area contributed by atoms with Gasteiger partial charge in [-0.2, -0.15) is 0 Å². The first-order valence-electron chi connectivity index (χ1n) is 10.7. The third-order valence-corrected chi connectivity index (χ3v) is 6.39. The zero-order valence-corrected chi connectivity index (χ0v) is 19.9. The molecule has 8 nitrogen and oxygen atoms in total. The fourth-order valence-electron chi connectivity index (χ4n) is 3.66. The van der Waals surface area contributed by atoms with Gasteiger partial charge in [-0.15, -0.1) is 11.3 Å². The molecular formula is C24H28N4O4S. The molecule has 1 N–H and O–H groups in total. The molecule has 0 radical (unpaired) electrons. The van der Waals surface area contributed by atoms with Crippen LogP contribution >= 0.6 is 11.3 Å². The van der Waals surface area contributed by atoms with Crippen LogP contribution < -0.4 is 19.5 Å². The van der Waals surface area contributed by atoms with Crippen LogP contribution in [0.15, 0.2) is 47.8 Å². The minimum absolute atomic E-state index is 0.124. The molecule has 1 aliphatic rings. The Bertz CT molecular complexity index is 1060. The molecule has 0 atom stereocenters. The summed E-state index contributed by atoms with van der Waals surface area (Å²) in [6.07, 6.45) is 0. The lowest BCUT2D eigenvalue weighted by molar-refractivity contribution is 0.143. The number of urea groups is 1. The van der Waals surface area contributed by atoms with Gasteiger partial charge in [0, 0.05) is 61.0 Å². The molecular weight excluding hydrogens is 440 g/mol. The smallest absolute Gasteiger partial charge is 0.321 e. The van der Waals surface area contributed by atoms with Gasteiger partial charge in [-0.05, 0) is 24.3 Å². The lowest BCUT2D eigenvalue weighted by Crippen LogP contribution is -2.49. The second-order valence-electron chi connectivity index (χ2n) is 7.65. The minimum atomic E-state index is -0.124. The third kappa shape index (κ3) is 5.74. The Kier molecular flexibility index (Phi) is 7.31. The van der Waals surface area contributed by atoms with Crippen molar-refractivity contribution < 1.29 is 19.0 Å². The van der Waals surface area contributed by atoms with E-state index in [4.69, 9.17) is 19.2 Å². The van der Waals surface area contributed by atoms with E-state index in [-0.39, 0.29) is 6.03 Å². The molecule has 2 amide bonds. The highest BCUT2D eigenvalue weighted by Crippen LogP contribution is 2.27. The molecule has 3 aromatic rings.